The fraction of sp³-hybridized carbons (Fsp3) is 0.308. The third kappa shape index (κ3) is 5.03. The van der Waals surface area contributed by atoms with Crippen LogP contribution in [0.25, 0.3) is 11.0 Å². The van der Waals surface area contributed by atoms with Crippen LogP contribution in [0.3, 0.4) is 0 Å². The summed E-state index contributed by atoms with van der Waals surface area (Å²) >= 11 is 0. The van der Waals surface area contributed by atoms with Gasteiger partial charge in [-0.25, -0.2) is 14.6 Å². The fourth-order valence-electron chi connectivity index (χ4n) is 4.30. The van der Waals surface area contributed by atoms with E-state index in [4.69, 9.17) is 0 Å². The largest absolute Gasteiger partial charge is 0.357 e. The first-order valence-electron chi connectivity index (χ1n) is 11.6. The number of carbonyl (C=O) groups excluding carboxylic acids is 1. The molecular formula is C26H28N6O. The van der Waals surface area contributed by atoms with E-state index in [0.717, 1.165) is 41.1 Å². The molecule has 1 fully saturated rings. The number of rotatable bonds is 6. The lowest BCUT2D eigenvalue weighted by Crippen LogP contribution is -2.26. The second kappa shape index (κ2) is 9.81. The highest BCUT2D eigenvalue weighted by Crippen LogP contribution is 2.19. The third-order valence-corrected chi connectivity index (χ3v) is 6.11. The summed E-state index contributed by atoms with van der Waals surface area (Å²) in [5.41, 5.74) is 3.50. The SMILES string of the molecule is O=C(NCc1ccnc(N2CCCCCC2)c1)c1cnc2c(cnn2Cc2ccccc2)c1. The van der Waals surface area contributed by atoms with Crippen molar-refractivity contribution in [1.29, 1.82) is 0 Å². The van der Waals surface area contributed by atoms with E-state index in [-0.39, 0.29) is 5.91 Å². The molecule has 0 bridgehead atoms. The highest BCUT2D eigenvalue weighted by Gasteiger charge is 2.13. The van der Waals surface area contributed by atoms with Crippen molar-refractivity contribution in [2.45, 2.75) is 38.8 Å². The van der Waals surface area contributed by atoms with Gasteiger partial charge >= 0.3 is 0 Å². The molecule has 3 aromatic heterocycles. The van der Waals surface area contributed by atoms with Crippen LogP contribution < -0.4 is 10.2 Å². The third-order valence-electron chi connectivity index (χ3n) is 6.11. The van der Waals surface area contributed by atoms with Crippen molar-refractivity contribution in [2.24, 2.45) is 0 Å². The van der Waals surface area contributed by atoms with Crippen LogP contribution in [0.5, 0.6) is 0 Å². The van der Waals surface area contributed by atoms with Crippen molar-refractivity contribution in [3.63, 3.8) is 0 Å². The second-order valence-electron chi connectivity index (χ2n) is 8.53. The van der Waals surface area contributed by atoms with E-state index in [1.807, 2.05) is 41.2 Å². The number of amides is 1. The van der Waals surface area contributed by atoms with Gasteiger partial charge < -0.3 is 10.2 Å². The molecule has 1 aliphatic rings. The number of benzene rings is 1. The van der Waals surface area contributed by atoms with Gasteiger partial charge in [-0.3, -0.25) is 4.79 Å². The Balaban J connectivity index is 1.24. The molecule has 4 aromatic rings. The number of anilines is 1. The number of carbonyl (C=O) groups is 1. The van der Waals surface area contributed by atoms with Gasteiger partial charge in [0.1, 0.15) is 5.82 Å². The molecule has 7 nitrogen and oxygen atoms in total. The number of fused-ring (bicyclic) bond motifs is 1. The molecule has 5 rings (SSSR count). The molecule has 7 heteroatoms. The first kappa shape index (κ1) is 21.1. The van der Waals surface area contributed by atoms with Crippen LogP contribution in [0, 0.1) is 0 Å². The van der Waals surface area contributed by atoms with Crippen molar-refractivity contribution in [2.75, 3.05) is 18.0 Å². The monoisotopic (exact) mass is 440 g/mol. The maximum Gasteiger partial charge on any atom is 0.253 e. The molecule has 0 atom stereocenters. The highest BCUT2D eigenvalue weighted by atomic mass is 16.1. The van der Waals surface area contributed by atoms with Gasteiger partial charge in [-0.2, -0.15) is 5.10 Å². The summed E-state index contributed by atoms with van der Waals surface area (Å²) < 4.78 is 1.85. The zero-order valence-electron chi connectivity index (χ0n) is 18.7. The van der Waals surface area contributed by atoms with Crippen LogP contribution in [0.15, 0.2) is 67.1 Å². The number of aromatic nitrogens is 4. The summed E-state index contributed by atoms with van der Waals surface area (Å²) in [7, 11) is 0. The minimum Gasteiger partial charge on any atom is -0.357 e. The minimum absolute atomic E-state index is 0.145. The summed E-state index contributed by atoms with van der Waals surface area (Å²) in [5, 5.41) is 8.33. The summed E-state index contributed by atoms with van der Waals surface area (Å²) in [5.74, 6) is 0.853. The topological polar surface area (TPSA) is 75.9 Å². The molecule has 0 radical (unpaired) electrons. The van der Waals surface area contributed by atoms with Crippen molar-refractivity contribution < 1.29 is 4.79 Å². The molecule has 1 N–H and O–H groups in total. The van der Waals surface area contributed by atoms with Crippen molar-refractivity contribution in [3.05, 3.63) is 83.8 Å². The van der Waals surface area contributed by atoms with Gasteiger partial charge in [0.25, 0.3) is 5.91 Å². The van der Waals surface area contributed by atoms with E-state index >= 15 is 0 Å². The van der Waals surface area contributed by atoms with E-state index < -0.39 is 0 Å². The zero-order chi connectivity index (χ0) is 22.5. The van der Waals surface area contributed by atoms with Crippen molar-refractivity contribution in [1.82, 2.24) is 25.1 Å². The van der Waals surface area contributed by atoms with E-state index in [1.165, 1.54) is 25.7 Å². The van der Waals surface area contributed by atoms with Crippen LogP contribution >= 0.6 is 0 Å². The van der Waals surface area contributed by atoms with Crippen LogP contribution in [-0.2, 0) is 13.1 Å². The number of hydrogen-bond acceptors (Lipinski definition) is 5. The molecule has 168 valence electrons. The molecule has 1 saturated heterocycles. The van der Waals surface area contributed by atoms with Crippen LogP contribution in [0.2, 0.25) is 0 Å². The Kier molecular flexibility index (Phi) is 6.28. The highest BCUT2D eigenvalue weighted by molar-refractivity contribution is 5.96. The van der Waals surface area contributed by atoms with Gasteiger partial charge in [-0.1, -0.05) is 43.2 Å². The smallest absolute Gasteiger partial charge is 0.253 e. The van der Waals surface area contributed by atoms with Crippen LogP contribution in [0.1, 0.15) is 47.2 Å². The predicted molar refractivity (Wildman–Crippen MR) is 129 cm³/mol. The molecule has 33 heavy (non-hydrogen) atoms. The van der Waals surface area contributed by atoms with Crippen LogP contribution in [-0.4, -0.2) is 38.7 Å². The molecule has 0 saturated carbocycles. The van der Waals surface area contributed by atoms with E-state index in [0.29, 0.717) is 18.7 Å². The first-order chi connectivity index (χ1) is 16.3. The molecule has 0 spiro atoms. The molecular weight excluding hydrogens is 412 g/mol. The Morgan fingerprint density at radius 1 is 0.909 bits per heavy atom. The summed E-state index contributed by atoms with van der Waals surface area (Å²) in [4.78, 5) is 24.2. The van der Waals surface area contributed by atoms with E-state index in [9.17, 15) is 4.79 Å². The zero-order valence-corrected chi connectivity index (χ0v) is 18.7. The summed E-state index contributed by atoms with van der Waals surface area (Å²) in [6.07, 6.45) is 10.2. The number of nitrogens with zero attached hydrogens (tertiary/aromatic N) is 5. The number of nitrogens with one attached hydrogen (secondary N) is 1. The molecule has 1 aromatic carbocycles. The van der Waals surface area contributed by atoms with Gasteiger partial charge in [0.2, 0.25) is 0 Å². The minimum atomic E-state index is -0.145. The molecule has 1 aliphatic heterocycles. The predicted octanol–water partition coefficient (Wildman–Crippen LogP) is 4.19. The fourth-order valence-corrected chi connectivity index (χ4v) is 4.30. The van der Waals surface area contributed by atoms with Gasteiger partial charge in [-0.05, 0) is 42.2 Å². The Hall–Kier alpha value is -3.74. The van der Waals surface area contributed by atoms with Gasteiger partial charge in [0.05, 0.1) is 18.3 Å². The second-order valence-corrected chi connectivity index (χ2v) is 8.53. The molecule has 0 unspecified atom stereocenters. The first-order valence-corrected chi connectivity index (χ1v) is 11.6. The maximum absolute atomic E-state index is 12.8. The lowest BCUT2D eigenvalue weighted by molar-refractivity contribution is 0.0950. The van der Waals surface area contributed by atoms with Gasteiger partial charge in [0.15, 0.2) is 5.65 Å². The molecule has 1 amide bonds. The maximum atomic E-state index is 12.8. The van der Waals surface area contributed by atoms with Crippen molar-refractivity contribution >= 4 is 22.8 Å². The average molecular weight is 441 g/mol. The normalized spacial score (nSPS) is 14.2. The Labute approximate surface area is 193 Å². The van der Waals surface area contributed by atoms with E-state index in [1.54, 1.807) is 12.4 Å². The van der Waals surface area contributed by atoms with Gasteiger partial charge in [-0.15, -0.1) is 0 Å². The Bertz CT molecular complexity index is 1230. The number of pyridine rings is 2. The summed E-state index contributed by atoms with van der Waals surface area (Å²) in [6.45, 7) is 3.19. The van der Waals surface area contributed by atoms with Crippen molar-refractivity contribution in [3.8, 4) is 0 Å². The van der Waals surface area contributed by atoms with Crippen LogP contribution in [0.4, 0.5) is 5.82 Å². The van der Waals surface area contributed by atoms with E-state index in [2.05, 4.69) is 43.5 Å². The lowest BCUT2D eigenvalue weighted by Gasteiger charge is -2.21. The Morgan fingerprint density at radius 2 is 1.73 bits per heavy atom. The Morgan fingerprint density at radius 3 is 2.55 bits per heavy atom. The molecule has 0 aliphatic carbocycles. The molecule has 4 heterocycles. The number of hydrogen-bond donors (Lipinski definition) is 1. The quantitative estimate of drug-likeness (QED) is 0.487. The lowest BCUT2D eigenvalue weighted by atomic mass is 10.2. The average Bonchev–Trinajstić information content (AvgIpc) is 3.06. The standard InChI is InChI=1S/C26H28N6O/c33-26(29-16-21-10-11-27-24(14-21)31-12-6-1-2-7-13-31)23-15-22-18-30-32(25(22)28-17-23)19-20-8-4-3-5-9-20/h3-5,8-11,14-15,17-18H,1-2,6-7,12-13,16,19H2,(H,29,33). The summed E-state index contributed by atoms with van der Waals surface area (Å²) in [6, 6.07) is 16.0. The van der Waals surface area contributed by atoms with Gasteiger partial charge in [0, 0.05) is 37.4 Å².